The summed E-state index contributed by atoms with van der Waals surface area (Å²) in [7, 11) is -2.05. The van der Waals surface area contributed by atoms with Gasteiger partial charge in [0, 0.05) is 20.1 Å². The van der Waals surface area contributed by atoms with Crippen LogP contribution >= 0.6 is 0 Å². The van der Waals surface area contributed by atoms with Crippen molar-refractivity contribution in [3.63, 3.8) is 0 Å². The number of urea groups is 1. The molecule has 0 saturated carbocycles. The second-order valence-electron chi connectivity index (χ2n) is 5.68. The molecule has 118 valence electrons. The highest BCUT2D eigenvalue weighted by Crippen LogP contribution is 2.23. The summed E-state index contributed by atoms with van der Waals surface area (Å²) in [5.41, 5.74) is 1.05. The fourth-order valence-electron chi connectivity index (χ4n) is 1.67. The SMILES string of the molecule is CNC(=O)NCCNS(=O)(=O)c1ccc(C(C)(C)C)cc1. The van der Waals surface area contributed by atoms with Crippen LogP contribution in [0.3, 0.4) is 0 Å². The molecule has 0 heterocycles. The Kier molecular flexibility index (Phi) is 5.74. The summed E-state index contributed by atoms with van der Waals surface area (Å²) in [4.78, 5) is 11.2. The van der Waals surface area contributed by atoms with E-state index in [1.165, 1.54) is 7.05 Å². The van der Waals surface area contributed by atoms with Crippen LogP contribution in [0.15, 0.2) is 29.2 Å². The van der Waals surface area contributed by atoms with Crippen LogP contribution in [-0.4, -0.2) is 34.6 Å². The molecule has 1 rings (SSSR count). The molecule has 0 radical (unpaired) electrons. The maximum Gasteiger partial charge on any atom is 0.314 e. The van der Waals surface area contributed by atoms with Gasteiger partial charge in [-0.15, -0.1) is 0 Å². The molecule has 0 saturated heterocycles. The standard InChI is InChI=1S/C14H23N3O3S/c1-14(2,3)11-5-7-12(8-6-11)21(19,20)17-10-9-16-13(18)15-4/h5-8,17H,9-10H2,1-4H3,(H2,15,16,18). The Bertz CT molecular complexity index is 574. The lowest BCUT2D eigenvalue weighted by Gasteiger charge is -2.19. The Morgan fingerprint density at radius 1 is 1.10 bits per heavy atom. The molecule has 0 aliphatic heterocycles. The van der Waals surface area contributed by atoms with Crippen molar-refractivity contribution in [3.05, 3.63) is 29.8 Å². The Morgan fingerprint density at radius 3 is 2.14 bits per heavy atom. The predicted octanol–water partition coefficient (Wildman–Crippen LogP) is 1.19. The lowest BCUT2D eigenvalue weighted by molar-refractivity contribution is 0.243. The van der Waals surface area contributed by atoms with E-state index in [2.05, 4.69) is 36.1 Å². The number of carbonyl (C=O) groups excluding carboxylic acids is 1. The first kappa shape index (κ1) is 17.5. The summed E-state index contributed by atoms with van der Waals surface area (Å²) in [6, 6.07) is 6.47. The minimum atomic E-state index is -3.55. The zero-order valence-corrected chi connectivity index (χ0v) is 13.7. The number of sulfonamides is 1. The van der Waals surface area contributed by atoms with Crippen molar-refractivity contribution in [3.8, 4) is 0 Å². The summed E-state index contributed by atoms with van der Waals surface area (Å²) in [5, 5.41) is 4.90. The van der Waals surface area contributed by atoms with E-state index in [9.17, 15) is 13.2 Å². The zero-order valence-electron chi connectivity index (χ0n) is 12.9. The average molecular weight is 313 g/mol. The van der Waals surface area contributed by atoms with Gasteiger partial charge in [0.1, 0.15) is 0 Å². The molecule has 0 spiro atoms. The lowest BCUT2D eigenvalue weighted by Crippen LogP contribution is -2.38. The van der Waals surface area contributed by atoms with Crippen LogP contribution in [0.2, 0.25) is 0 Å². The zero-order chi connectivity index (χ0) is 16.1. The van der Waals surface area contributed by atoms with Crippen molar-refractivity contribution in [2.24, 2.45) is 0 Å². The van der Waals surface area contributed by atoms with Crippen molar-refractivity contribution < 1.29 is 13.2 Å². The largest absolute Gasteiger partial charge is 0.341 e. The number of rotatable bonds is 5. The first-order valence-electron chi connectivity index (χ1n) is 6.72. The Labute approximate surface area is 126 Å². The van der Waals surface area contributed by atoms with Crippen LogP contribution in [0.4, 0.5) is 4.79 Å². The average Bonchev–Trinajstić information content (AvgIpc) is 2.42. The van der Waals surface area contributed by atoms with Crippen molar-refractivity contribution in [1.82, 2.24) is 15.4 Å². The van der Waals surface area contributed by atoms with Crippen molar-refractivity contribution in [2.45, 2.75) is 31.1 Å². The van der Waals surface area contributed by atoms with E-state index < -0.39 is 10.0 Å². The molecule has 0 unspecified atom stereocenters. The molecule has 21 heavy (non-hydrogen) atoms. The van der Waals surface area contributed by atoms with E-state index in [0.29, 0.717) is 0 Å². The maximum atomic E-state index is 12.1. The quantitative estimate of drug-likeness (QED) is 0.714. The maximum absolute atomic E-state index is 12.1. The number of benzene rings is 1. The third-order valence-electron chi connectivity index (χ3n) is 2.96. The monoisotopic (exact) mass is 313 g/mol. The molecule has 0 aromatic heterocycles. The van der Waals surface area contributed by atoms with Gasteiger partial charge in [-0.05, 0) is 23.1 Å². The summed E-state index contributed by atoms with van der Waals surface area (Å²) in [5.74, 6) is 0. The minimum Gasteiger partial charge on any atom is -0.341 e. The van der Waals surface area contributed by atoms with E-state index in [4.69, 9.17) is 0 Å². The van der Waals surface area contributed by atoms with Crippen molar-refractivity contribution in [1.29, 1.82) is 0 Å². The number of carbonyl (C=O) groups is 1. The number of hydrogen-bond donors (Lipinski definition) is 3. The molecule has 6 nitrogen and oxygen atoms in total. The Hall–Kier alpha value is -1.60. The third-order valence-corrected chi connectivity index (χ3v) is 4.44. The van der Waals surface area contributed by atoms with Gasteiger partial charge in [0.2, 0.25) is 10.0 Å². The van der Waals surface area contributed by atoms with Crippen LogP contribution in [0.25, 0.3) is 0 Å². The van der Waals surface area contributed by atoms with E-state index in [1.807, 2.05) is 12.1 Å². The van der Waals surface area contributed by atoms with Crippen molar-refractivity contribution in [2.75, 3.05) is 20.1 Å². The number of nitrogens with one attached hydrogen (secondary N) is 3. The molecular formula is C14H23N3O3S. The molecule has 0 atom stereocenters. The Balaban J connectivity index is 2.64. The lowest BCUT2D eigenvalue weighted by atomic mass is 9.87. The molecular weight excluding hydrogens is 290 g/mol. The number of amides is 2. The minimum absolute atomic E-state index is 0.0207. The van der Waals surface area contributed by atoms with E-state index in [-0.39, 0.29) is 29.4 Å². The van der Waals surface area contributed by atoms with Gasteiger partial charge in [-0.3, -0.25) is 0 Å². The van der Waals surface area contributed by atoms with E-state index in [0.717, 1.165) is 5.56 Å². The van der Waals surface area contributed by atoms with Crippen LogP contribution in [0, 0.1) is 0 Å². The highest BCUT2D eigenvalue weighted by Gasteiger charge is 2.17. The van der Waals surface area contributed by atoms with Gasteiger partial charge < -0.3 is 10.6 Å². The van der Waals surface area contributed by atoms with Crippen LogP contribution in [0.1, 0.15) is 26.3 Å². The van der Waals surface area contributed by atoms with Gasteiger partial charge in [0.25, 0.3) is 0 Å². The molecule has 0 fully saturated rings. The fraction of sp³-hybridized carbons (Fsp3) is 0.500. The van der Waals surface area contributed by atoms with Gasteiger partial charge in [-0.1, -0.05) is 32.9 Å². The van der Waals surface area contributed by atoms with Gasteiger partial charge in [0.05, 0.1) is 4.90 Å². The molecule has 1 aromatic rings. The predicted molar refractivity (Wildman–Crippen MR) is 82.8 cm³/mol. The fourth-order valence-corrected chi connectivity index (χ4v) is 2.70. The summed E-state index contributed by atoms with van der Waals surface area (Å²) >= 11 is 0. The molecule has 0 aliphatic carbocycles. The highest BCUT2D eigenvalue weighted by molar-refractivity contribution is 7.89. The van der Waals surface area contributed by atoms with Crippen LogP contribution < -0.4 is 15.4 Å². The van der Waals surface area contributed by atoms with Gasteiger partial charge in [-0.25, -0.2) is 17.9 Å². The second-order valence-corrected chi connectivity index (χ2v) is 7.45. The molecule has 3 N–H and O–H groups in total. The van der Waals surface area contributed by atoms with Crippen molar-refractivity contribution >= 4 is 16.1 Å². The van der Waals surface area contributed by atoms with E-state index >= 15 is 0 Å². The van der Waals surface area contributed by atoms with Gasteiger partial charge >= 0.3 is 6.03 Å². The van der Waals surface area contributed by atoms with Gasteiger partial charge in [0.15, 0.2) is 0 Å². The highest BCUT2D eigenvalue weighted by atomic mass is 32.2. The molecule has 2 amide bonds. The van der Waals surface area contributed by atoms with Crippen LogP contribution in [0.5, 0.6) is 0 Å². The molecule has 0 bridgehead atoms. The molecule has 1 aromatic carbocycles. The molecule has 7 heteroatoms. The first-order chi connectivity index (χ1) is 9.66. The topological polar surface area (TPSA) is 87.3 Å². The summed E-state index contributed by atoms with van der Waals surface area (Å²) < 4.78 is 26.6. The smallest absolute Gasteiger partial charge is 0.314 e. The normalized spacial score (nSPS) is 12.0. The summed E-state index contributed by atoms with van der Waals surface area (Å²) in [6.07, 6.45) is 0. The number of hydrogen-bond acceptors (Lipinski definition) is 3. The molecule has 0 aliphatic rings. The second kappa shape index (κ2) is 6.91. The van der Waals surface area contributed by atoms with E-state index in [1.54, 1.807) is 12.1 Å². The first-order valence-corrected chi connectivity index (χ1v) is 8.21. The summed E-state index contributed by atoms with van der Waals surface area (Å²) in [6.45, 7) is 6.56. The Morgan fingerprint density at radius 2 is 1.67 bits per heavy atom. The van der Waals surface area contributed by atoms with Gasteiger partial charge in [-0.2, -0.15) is 0 Å². The third kappa shape index (κ3) is 5.35. The van der Waals surface area contributed by atoms with Crippen LogP contribution in [-0.2, 0) is 15.4 Å².